The average Bonchev–Trinajstić information content (AvgIpc) is 2.96. The third-order valence-electron chi connectivity index (χ3n) is 3.35. The molecular weight excluding hydrogens is 272 g/mol. The Morgan fingerprint density at radius 3 is 2.90 bits per heavy atom. The Labute approximate surface area is 121 Å². The summed E-state index contributed by atoms with van der Waals surface area (Å²) in [6.45, 7) is 2.09. The van der Waals surface area contributed by atoms with Gasteiger partial charge >= 0.3 is 0 Å². The van der Waals surface area contributed by atoms with E-state index in [0.29, 0.717) is 4.77 Å². The zero-order valence-corrected chi connectivity index (χ0v) is 12.5. The molecule has 1 aromatic carbocycles. The van der Waals surface area contributed by atoms with Crippen LogP contribution in [0.25, 0.3) is 16.7 Å². The SMILES string of the molecule is CCc1nn(C)cc1-n1c(=S)[nH]c2ccc(OC)cc21. The molecule has 5 nitrogen and oxygen atoms in total. The van der Waals surface area contributed by atoms with Crippen LogP contribution in [0, 0.1) is 4.77 Å². The number of aromatic nitrogens is 4. The Hall–Kier alpha value is -2.08. The second-order valence-corrected chi connectivity index (χ2v) is 5.02. The summed E-state index contributed by atoms with van der Waals surface area (Å²) in [5.41, 5.74) is 4.02. The standard InChI is InChI=1S/C14H16N4OS/c1-4-10-13(8-17(2)16-10)18-12-7-9(19-3)5-6-11(12)15-14(18)20/h5-8H,4H2,1-3H3,(H,15,20). The Morgan fingerprint density at radius 2 is 2.20 bits per heavy atom. The Balaban J connectivity index is 2.34. The molecule has 0 aliphatic carbocycles. The number of fused-ring (bicyclic) bond motifs is 1. The van der Waals surface area contributed by atoms with Crippen LogP contribution in [0.15, 0.2) is 24.4 Å². The Kier molecular flexibility index (Phi) is 3.10. The Morgan fingerprint density at radius 1 is 1.40 bits per heavy atom. The van der Waals surface area contributed by atoms with Crippen LogP contribution >= 0.6 is 12.2 Å². The summed E-state index contributed by atoms with van der Waals surface area (Å²) >= 11 is 5.46. The number of aromatic amines is 1. The first-order valence-electron chi connectivity index (χ1n) is 6.45. The van der Waals surface area contributed by atoms with Crippen molar-refractivity contribution in [2.75, 3.05) is 7.11 Å². The van der Waals surface area contributed by atoms with Crippen molar-refractivity contribution in [3.8, 4) is 11.4 Å². The normalized spacial score (nSPS) is 11.2. The molecule has 3 rings (SSSR count). The first-order valence-corrected chi connectivity index (χ1v) is 6.86. The minimum atomic E-state index is 0.663. The molecule has 0 saturated carbocycles. The van der Waals surface area contributed by atoms with E-state index in [0.717, 1.165) is 34.6 Å². The number of hydrogen-bond acceptors (Lipinski definition) is 3. The number of nitrogens with zero attached hydrogens (tertiary/aromatic N) is 3. The van der Waals surface area contributed by atoms with Crippen molar-refractivity contribution in [3.63, 3.8) is 0 Å². The van der Waals surface area contributed by atoms with Crippen molar-refractivity contribution in [2.24, 2.45) is 7.05 Å². The van der Waals surface area contributed by atoms with Crippen LogP contribution in [0.4, 0.5) is 0 Å². The molecule has 2 heterocycles. The van der Waals surface area contributed by atoms with Gasteiger partial charge in [0.1, 0.15) is 5.75 Å². The highest BCUT2D eigenvalue weighted by Gasteiger charge is 2.13. The van der Waals surface area contributed by atoms with E-state index in [2.05, 4.69) is 17.0 Å². The quantitative estimate of drug-likeness (QED) is 0.754. The summed E-state index contributed by atoms with van der Waals surface area (Å²) in [7, 11) is 3.58. The van der Waals surface area contributed by atoms with Gasteiger partial charge in [0.05, 0.1) is 29.5 Å². The maximum atomic E-state index is 5.46. The molecule has 0 aliphatic heterocycles. The molecule has 104 valence electrons. The van der Waals surface area contributed by atoms with Gasteiger partial charge in [0.25, 0.3) is 0 Å². The van der Waals surface area contributed by atoms with Gasteiger partial charge in [-0.15, -0.1) is 0 Å². The van der Waals surface area contributed by atoms with Gasteiger partial charge in [-0.2, -0.15) is 5.10 Å². The van der Waals surface area contributed by atoms with Crippen molar-refractivity contribution in [1.82, 2.24) is 19.3 Å². The van der Waals surface area contributed by atoms with Crippen molar-refractivity contribution in [2.45, 2.75) is 13.3 Å². The fourth-order valence-electron chi connectivity index (χ4n) is 2.41. The highest BCUT2D eigenvalue weighted by molar-refractivity contribution is 7.71. The molecule has 0 unspecified atom stereocenters. The highest BCUT2D eigenvalue weighted by atomic mass is 32.1. The molecule has 0 spiro atoms. The number of nitrogens with one attached hydrogen (secondary N) is 1. The predicted octanol–water partition coefficient (Wildman–Crippen LogP) is 2.99. The topological polar surface area (TPSA) is 47.8 Å². The molecule has 3 aromatic rings. The largest absolute Gasteiger partial charge is 0.497 e. The monoisotopic (exact) mass is 288 g/mol. The van der Waals surface area contributed by atoms with Gasteiger partial charge in [0, 0.05) is 19.3 Å². The van der Waals surface area contributed by atoms with Gasteiger partial charge in [-0.25, -0.2) is 0 Å². The molecule has 0 amide bonds. The molecule has 1 N–H and O–H groups in total. The summed E-state index contributed by atoms with van der Waals surface area (Å²) in [6.07, 6.45) is 2.84. The van der Waals surface area contributed by atoms with Gasteiger partial charge in [-0.05, 0) is 30.8 Å². The van der Waals surface area contributed by atoms with Crippen molar-refractivity contribution in [1.29, 1.82) is 0 Å². The van der Waals surface area contributed by atoms with E-state index in [1.165, 1.54) is 0 Å². The molecule has 0 fully saturated rings. The molecule has 6 heteroatoms. The number of imidazole rings is 1. The summed E-state index contributed by atoms with van der Waals surface area (Å²) in [6, 6.07) is 5.87. The minimum Gasteiger partial charge on any atom is -0.497 e. The lowest BCUT2D eigenvalue weighted by Crippen LogP contribution is -1.97. The lowest BCUT2D eigenvalue weighted by molar-refractivity contribution is 0.415. The van der Waals surface area contributed by atoms with E-state index >= 15 is 0 Å². The molecule has 0 radical (unpaired) electrons. The van der Waals surface area contributed by atoms with E-state index in [1.807, 2.05) is 40.7 Å². The lowest BCUT2D eigenvalue weighted by Gasteiger charge is -2.05. The van der Waals surface area contributed by atoms with Crippen LogP contribution in [-0.2, 0) is 13.5 Å². The van der Waals surface area contributed by atoms with E-state index in [1.54, 1.807) is 7.11 Å². The zero-order chi connectivity index (χ0) is 14.3. The summed E-state index contributed by atoms with van der Waals surface area (Å²) < 4.78 is 9.79. The molecule has 2 aromatic heterocycles. The van der Waals surface area contributed by atoms with Crippen molar-refractivity contribution >= 4 is 23.3 Å². The number of hydrogen-bond donors (Lipinski definition) is 1. The van der Waals surface area contributed by atoms with Crippen molar-refractivity contribution in [3.05, 3.63) is 34.9 Å². The summed E-state index contributed by atoms with van der Waals surface area (Å²) in [5.74, 6) is 0.808. The first kappa shape index (κ1) is 12.9. The number of methoxy groups -OCH3 is 1. The zero-order valence-electron chi connectivity index (χ0n) is 11.7. The van der Waals surface area contributed by atoms with Crippen LogP contribution in [-0.4, -0.2) is 26.4 Å². The van der Waals surface area contributed by atoms with Gasteiger partial charge in [0.15, 0.2) is 4.77 Å². The first-order chi connectivity index (χ1) is 9.63. The van der Waals surface area contributed by atoms with E-state index in [4.69, 9.17) is 17.0 Å². The third-order valence-corrected chi connectivity index (χ3v) is 3.63. The lowest BCUT2D eigenvalue weighted by atomic mass is 10.2. The smallest absolute Gasteiger partial charge is 0.182 e. The molecule has 0 aliphatic rings. The number of rotatable bonds is 3. The number of benzene rings is 1. The van der Waals surface area contributed by atoms with Crippen LogP contribution in [0.3, 0.4) is 0 Å². The maximum absolute atomic E-state index is 5.46. The summed E-state index contributed by atoms with van der Waals surface area (Å²) in [5, 5.41) is 4.48. The Bertz CT molecular complexity index is 827. The van der Waals surface area contributed by atoms with Gasteiger partial charge < -0.3 is 9.72 Å². The molecule has 0 bridgehead atoms. The second kappa shape index (κ2) is 4.79. The van der Waals surface area contributed by atoms with Gasteiger partial charge in [-0.3, -0.25) is 9.25 Å². The van der Waals surface area contributed by atoms with E-state index < -0.39 is 0 Å². The number of aryl methyl sites for hydroxylation is 2. The predicted molar refractivity (Wildman–Crippen MR) is 81.2 cm³/mol. The average molecular weight is 288 g/mol. The van der Waals surface area contributed by atoms with Gasteiger partial charge in [0.2, 0.25) is 0 Å². The highest BCUT2D eigenvalue weighted by Crippen LogP contribution is 2.25. The summed E-state index contributed by atoms with van der Waals surface area (Å²) in [4.78, 5) is 3.22. The van der Waals surface area contributed by atoms with E-state index in [-0.39, 0.29) is 0 Å². The molecule has 20 heavy (non-hydrogen) atoms. The van der Waals surface area contributed by atoms with Crippen LogP contribution < -0.4 is 4.74 Å². The molecule has 0 atom stereocenters. The number of H-pyrrole nitrogens is 1. The third kappa shape index (κ3) is 1.92. The molecule has 0 saturated heterocycles. The van der Waals surface area contributed by atoms with Crippen LogP contribution in [0.2, 0.25) is 0 Å². The minimum absolute atomic E-state index is 0.663. The van der Waals surface area contributed by atoms with Crippen molar-refractivity contribution < 1.29 is 4.74 Å². The van der Waals surface area contributed by atoms with E-state index in [9.17, 15) is 0 Å². The number of ether oxygens (including phenoxy) is 1. The maximum Gasteiger partial charge on any atom is 0.182 e. The van der Waals surface area contributed by atoms with Crippen LogP contribution in [0.5, 0.6) is 5.75 Å². The second-order valence-electron chi connectivity index (χ2n) is 4.64. The fourth-order valence-corrected chi connectivity index (χ4v) is 2.72. The van der Waals surface area contributed by atoms with Gasteiger partial charge in [-0.1, -0.05) is 6.92 Å². The van der Waals surface area contributed by atoms with Crippen LogP contribution in [0.1, 0.15) is 12.6 Å². The molecular formula is C14H16N4OS. The fraction of sp³-hybridized carbons (Fsp3) is 0.286.